The lowest BCUT2D eigenvalue weighted by molar-refractivity contribution is -0.117. The van der Waals surface area contributed by atoms with Crippen molar-refractivity contribution in [1.82, 2.24) is 20.1 Å². The van der Waals surface area contributed by atoms with Gasteiger partial charge in [-0.25, -0.2) is 4.79 Å². The van der Waals surface area contributed by atoms with E-state index in [2.05, 4.69) is 20.5 Å². The van der Waals surface area contributed by atoms with E-state index in [1.807, 2.05) is 44.2 Å². The van der Waals surface area contributed by atoms with Crippen molar-refractivity contribution >= 4 is 17.6 Å². The van der Waals surface area contributed by atoms with Crippen LogP contribution in [-0.4, -0.2) is 59.4 Å². The van der Waals surface area contributed by atoms with Crippen molar-refractivity contribution in [2.24, 2.45) is 0 Å². The van der Waals surface area contributed by atoms with Crippen LogP contribution < -0.4 is 10.6 Å². The smallest absolute Gasteiger partial charge is 0.317 e. The molecule has 0 unspecified atom stereocenters. The molecule has 3 rings (SSSR count). The number of carbonyl (C=O) groups excluding carboxylic acids is 2. The summed E-state index contributed by atoms with van der Waals surface area (Å²) in [5.74, 6) is -0.0214. The number of anilines is 1. The van der Waals surface area contributed by atoms with Gasteiger partial charge >= 0.3 is 6.03 Å². The van der Waals surface area contributed by atoms with E-state index in [1.54, 1.807) is 17.3 Å². The SMILES string of the molecule is Cc1cccc(C)c1NC(=O)CN1CCN(C(=O)NCc2cccnc2)CC1. The van der Waals surface area contributed by atoms with Crippen molar-refractivity contribution in [3.63, 3.8) is 0 Å². The third-order valence-electron chi connectivity index (χ3n) is 4.94. The van der Waals surface area contributed by atoms with Crippen LogP contribution in [0.4, 0.5) is 10.5 Å². The molecule has 2 N–H and O–H groups in total. The van der Waals surface area contributed by atoms with Crippen LogP contribution in [0.15, 0.2) is 42.7 Å². The van der Waals surface area contributed by atoms with E-state index in [0.717, 1.165) is 22.4 Å². The normalized spacial score (nSPS) is 14.6. The Bertz CT molecular complexity index is 797. The zero-order valence-corrected chi connectivity index (χ0v) is 16.4. The molecule has 1 aliphatic rings. The molecule has 0 spiro atoms. The number of carbonyl (C=O) groups is 2. The second-order valence-corrected chi connectivity index (χ2v) is 7.10. The van der Waals surface area contributed by atoms with Gasteiger partial charge in [-0.1, -0.05) is 24.3 Å². The fourth-order valence-electron chi connectivity index (χ4n) is 3.29. The van der Waals surface area contributed by atoms with Gasteiger partial charge in [-0.15, -0.1) is 0 Å². The molecular formula is C21H27N5O2. The molecule has 1 saturated heterocycles. The summed E-state index contributed by atoms with van der Waals surface area (Å²) in [5.41, 5.74) is 3.98. The first kappa shape index (κ1) is 19.8. The van der Waals surface area contributed by atoms with Crippen molar-refractivity contribution in [1.29, 1.82) is 0 Å². The Kier molecular flexibility index (Phi) is 6.60. The predicted molar refractivity (Wildman–Crippen MR) is 109 cm³/mol. The van der Waals surface area contributed by atoms with E-state index in [4.69, 9.17) is 0 Å². The molecule has 2 aromatic rings. The molecule has 1 aromatic heterocycles. The second-order valence-electron chi connectivity index (χ2n) is 7.10. The van der Waals surface area contributed by atoms with E-state index in [1.165, 1.54) is 0 Å². The average molecular weight is 381 g/mol. The topological polar surface area (TPSA) is 77.6 Å². The lowest BCUT2D eigenvalue weighted by Crippen LogP contribution is -2.52. The molecular weight excluding hydrogens is 354 g/mol. The van der Waals surface area contributed by atoms with E-state index in [0.29, 0.717) is 39.3 Å². The van der Waals surface area contributed by atoms with Gasteiger partial charge in [-0.3, -0.25) is 14.7 Å². The summed E-state index contributed by atoms with van der Waals surface area (Å²) in [5, 5.41) is 5.94. The number of rotatable bonds is 5. The Labute approximate surface area is 165 Å². The maximum absolute atomic E-state index is 12.4. The zero-order chi connectivity index (χ0) is 19.9. The number of aryl methyl sites for hydroxylation is 2. The van der Waals surface area contributed by atoms with Gasteiger partial charge in [0.15, 0.2) is 0 Å². The number of pyridine rings is 1. The van der Waals surface area contributed by atoms with Gasteiger partial charge in [0, 0.05) is 50.8 Å². The minimum absolute atomic E-state index is 0.0214. The highest BCUT2D eigenvalue weighted by Gasteiger charge is 2.22. The van der Waals surface area contributed by atoms with Gasteiger partial charge in [-0.05, 0) is 36.6 Å². The third kappa shape index (κ3) is 5.29. The largest absolute Gasteiger partial charge is 0.334 e. The van der Waals surface area contributed by atoms with Crippen LogP contribution in [0.3, 0.4) is 0 Å². The molecule has 7 nitrogen and oxygen atoms in total. The number of hydrogen-bond acceptors (Lipinski definition) is 4. The lowest BCUT2D eigenvalue weighted by atomic mass is 10.1. The molecule has 28 heavy (non-hydrogen) atoms. The highest BCUT2D eigenvalue weighted by Crippen LogP contribution is 2.19. The average Bonchev–Trinajstić information content (AvgIpc) is 2.70. The first-order valence-corrected chi connectivity index (χ1v) is 9.53. The maximum atomic E-state index is 12.4. The number of hydrogen-bond donors (Lipinski definition) is 2. The van der Waals surface area contributed by atoms with Gasteiger partial charge in [0.1, 0.15) is 0 Å². The predicted octanol–water partition coefficient (Wildman–Crippen LogP) is 2.16. The molecule has 3 amide bonds. The van der Waals surface area contributed by atoms with E-state index in [-0.39, 0.29) is 11.9 Å². The Hall–Kier alpha value is -2.93. The lowest BCUT2D eigenvalue weighted by Gasteiger charge is -2.34. The number of para-hydroxylation sites is 1. The molecule has 1 fully saturated rings. The van der Waals surface area contributed by atoms with Crippen LogP contribution >= 0.6 is 0 Å². The Morgan fingerprint density at radius 1 is 1.04 bits per heavy atom. The fourth-order valence-corrected chi connectivity index (χ4v) is 3.29. The number of piperazine rings is 1. The Morgan fingerprint density at radius 2 is 1.75 bits per heavy atom. The van der Waals surface area contributed by atoms with Gasteiger partial charge < -0.3 is 15.5 Å². The maximum Gasteiger partial charge on any atom is 0.317 e. The van der Waals surface area contributed by atoms with E-state index < -0.39 is 0 Å². The summed E-state index contributed by atoms with van der Waals surface area (Å²) < 4.78 is 0. The molecule has 7 heteroatoms. The summed E-state index contributed by atoms with van der Waals surface area (Å²) in [4.78, 5) is 32.6. The van der Waals surface area contributed by atoms with Crippen LogP contribution in [0.1, 0.15) is 16.7 Å². The minimum atomic E-state index is -0.0801. The van der Waals surface area contributed by atoms with Crippen LogP contribution in [0.5, 0.6) is 0 Å². The fraction of sp³-hybridized carbons (Fsp3) is 0.381. The first-order valence-electron chi connectivity index (χ1n) is 9.53. The van der Waals surface area contributed by atoms with Crippen molar-refractivity contribution in [2.75, 3.05) is 38.0 Å². The molecule has 1 aromatic carbocycles. The number of amides is 3. The number of benzene rings is 1. The Morgan fingerprint density at radius 3 is 2.39 bits per heavy atom. The van der Waals surface area contributed by atoms with Crippen molar-refractivity contribution in [3.8, 4) is 0 Å². The van der Waals surface area contributed by atoms with Crippen LogP contribution in [-0.2, 0) is 11.3 Å². The highest BCUT2D eigenvalue weighted by atomic mass is 16.2. The van der Waals surface area contributed by atoms with Crippen molar-refractivity contribution in [3.05, 3.63) is 59.4 Å². The van der Waals surface area contributed by atoms with Crippen molar-refractivity contribution in [2.45, 2.75) is 20.4 Å². The quantitative estimate of drug-likeness (QED) is 0.832. The molecule has 0 atom stereocenters. The Balaban J connectivity index is 1.42. The monoisotopic (exact) mass is 381 g/mol. The van der Waals surface area contributed by atoms with Crippen LogP contribution in [0.2, 0.25) is 0 Å². The molecule has 0 aliphatic carbocycles. The number of aromatic nitrogens is 1. The number of nitrogens with zero attached hydrogens (tertiary/aromatic N) is 3. The van der Waals surface area contributed by atoms with Gasteiger partial charge in [0.25, 0.3) is 0 Å². The number of nitrogens with one attached hydrogen (secondary N) is 2. The van der Waals surface area contributed by atoms with Crippen LogP contribution in [0.25, 0.3) is 0 Å². The summed E-state index contributed by atoms with van der Waals surface area (Å²) >= 11 is 0. The summed E-state index contributed by atoms with van der Waals surface area (Å²) in [7, 11) is 0. The van der Waals surface area contributed by atoms with Crippen LogP contribution in [0, 0.1) is 13.8 Å². The van der Waals surface area contributed by atoms with Gasteiger partial charge in [-0.2, -0.15) is 0 Å². The molecule has 0 saturated carbocycles. The summed E-state index contributed by atoms with van der Waals surface area (Å²) in [6.45, 7) is 7.35. The highest BCUT2D eigenvalue weighted by molar-refractivity contribution is 5.93. The summed E-state index contributed by atoms with van der Waals surface area (Å²) in [6, 6.07) is 9.67. The standard InChI is InChI=1S/C21H27N5O2/c1-16-5-3-6-17(2)20(16)24-19(27)15-25-9-11-26(12-10-25)21(28)23-14-18-7-4-8-22-13-18/h3-8,13H,9-12,14-15H2,1-2H3,(H,23,28)(H,24,27). The third-order valence-corrected chi connectivity index (χ3v) is 4.94. The van der Waals surface area contributed by atoms with E-state index in [9.17, 15) is 9.59 Å². The first-order chi connectivity index (χ1) is 13.5. The van der Waals surface area contributed by atoms with E-state index >= 15 is 0 Å². The van der Waals surface area contributed by atoms with Gasteiger partial charge in [0.05, 0.1) is 6.54 Å². The van der Waals surface area contributed by atoms with Crippen molar-refractivity contribution < 1.29 is 9.59 Å². The second kappa shape index (κ2) is 9.32. The number of urea groups is 1. The minimum Gasteiger partial charge on any atom is -0.334 e. The summed E-state index contributed by atoms with van der Waals surface area (Å²) in [6.07, 6.45) is 3.45. The molecule has 0 bridgehead atoms. The zero-order valence-electron chi connectivity index (χ0n) is 16.4. The molecule has 1 aliphatic heterocycles. The molecule has 0 radical (unpaired) electrons. The van der Waals surface area contributed by atoms with Gasteiger partial charge in [0.2, 0.25) is 5.91 Å². The molecule has 2 heterocycles. The molecule has 148 valence electrons.